The number of rotatable bonds is 8. The maximum Gasteiger partial charge on any atom is 0.161 e. The Bertz CT molecular complexity index is 652. The van der Waals surface area contributed by atoms with Crippen LogP contribution in [0.4, 0.5) is 0 Å². The maximum absolute atomic E-state index is 9.07. The quantitative estimate of drug-likeness (QED) is 0.396. The van der Waals surface area contributed by atoms with E-state index in [1.54, 1.807) is 43.5 Å². The van der Waals surface area contributed by atoms with E-state index in [1.165, 1.54) is 7.11 Å². The van der Waals surface area contributed by atoms with E-state index >= 15 is 0 Å². The Morgan fingerprint density at radius 1 is 0.793 bits per heavy atom. The molecule has 5 N–H and O–H groups in total. The highest BCUT2D eigenvalue weighted by molar-refractivity contribution is 6.18. The lowest BCUT2D eigenvalue weighted by atomic mass is 10.3. The fourth-order valence-corrected chi connectivity index (χ4v) is 1.75. The molecule has 0 aliphatic rings. The molecule has 2 unspecified atom stereocenters. The smallest absolute Gasteiger partial charge is 0.161 e. The van der Waals surface area contributed by atoms with E-state index in [2.05, 4.69) is 0 Å². The molecule has 0 saturated carbocycles. The Hall–Kier alpha value is -2.23. The zero-order chi connectivity index (χ0) is 22.1. The van der Waals surface area contributed by atoms with Crippen LogP contribution in [0, 0.1) is 0 Å². The molecule has 9 heteroatoms. The summed E-state index contributed by atoms with van der Waals surface area (Å²) < 4.78 is 15.1. The zero-order valence-electron chi connectivity index (χ0n) is 16.4. The van der Waals surface area contributed by atoms with Gasteiger partial charge in [-0.2, -0.15) is 0 Å². The molecule has 8 nitrogen and oxygen atoms in total. The number of aliphatic hydroxyl groups excluding tert-OH is 4. The number of hydrogen-bond acceptors (Lipinski definition) is 8. The summed E-state index contributed by atoms with van der Waals surface area (Å²) in [6.07, 6.45) is -1.61. The average Bonchev–Trinajstić information content (AvgIpc) is 2.78. The van der Waals surface area contributed by atoms with Crippen molar-refractivity contribution in [3.8, 4) is 23.0 Å². The largest absolute Gasteiger partial charge is 0.504 e. The molecule has 164 valence electrons. The second-order valence-electron chi connectivity index (χ2n) is 5.46. The van der Waals surface area contributed by atoms with Gasteiger partial charge >= 0.3 is 0 Å². The maximum atomic E-state index is 9.07. The monoisotopic (exact) mass is 432 g/mol. The van der Waals surface area contributed by atoms with Crippen LogP contribution in [0.1, 0.15) is 0 Å². The lowest BCUT2D eigenvalue weighted by Crippen LogP contribution is -2.21. The van der Waals surface area contributed by atoms with Crippen LogP contribution >= 0.6 is 11.6 Å². The second-order valence-corrected chi connectivity index (χ2v) is 5.77. The summed E-state index contributed by atoms with van der Waals surface area (Å²) in [4.78, 5) is 0. The van der Waals surface area contributed by atoms with Crippen molar-refractivity contribution in [2.45, 2.75) is 12.2 Å². The number of alkyl halides is 1. The third-order valence-corrected chi connectivity index (χ3v) is 3.54. The summed E-state index contributed by atoms with van der Waals surface area (Å²) >= 11 is 5.04. The van der Waals surface area contributed by atoms with Gasteiger partial charge in [0.2, 0.25) is 0 Å². The van der Waals surface area contributed by atoms with Crippen molar-refractivity contribution >= 4 is 11.6 Å². The highest BCUT2D eigenvalue weighted by atomic mass is 35.5. The van der Waals surface area contributed by atoms with Crippen LogP contribution in [0.25, 0.3) is 0 Å². The number of aromatic hydroxyl groups is 1. The fourth-order valence-electron chi connectivity index (χ4n) is 1.66. The van der Waals surface area contributed by atoms with E-state index in [9.17, 15) is 0 Å². The molecule has 2 rings (SSSR count). The first-order valence-corrected chi connectivity index (χ1v) is 9.18. The first kappa shape index (κ1) is 26.8. The number of benzene rings is 2. The Morgan fingerprint density at radius 2 is 1.28 bits per heavy atom. The molecule has 0 radical (unpaired) electrons. The third kappa shape index (κ3) is 12.0. The summed E-state index contributed by atoms with van der Waals surface area (Å²) in [5, 5.41) is 42.9. The Kier molecular flexibility index (Phi) is 15.4. The molecular formula is C20H29ClO8. The van der Waals surface area contributed by atoms with Crippen molar-refractivity contribution in [2.24, 2.45) is 0 Å². The van der Waals surface area contributed by atoms with Gasteiger partial charge in [0.25, 0.3) is 0 Å². The summed E-state index contributed by atoms with van der Waals surface area (Å²) in [5.41, 5.74) is 0. The van der Waals surface area contributed by atoms with Gasteiger partial charge in [-0.1, -0.05) is 24.3 Å². The van der Waals surface area contributed by atoms with Crippen LogP contribution in [0.2, 0.25) is 0 Å². The van der Waals surface area contributed by atoms with Crippen molar-refractivity contribution in [2.75, 3.05) is 39.9 Å². The first-order valence-electron chi connectivity index (χ1n) is 8.64. The van der Waals surface area contributed by atoms with Crippen LogP contribution in [0.3, 0.4) is 0 Å². The van der Waals surface area contributed by atoms with Crippen molar-refractivity contribution in [1.82, 2.24) is 0 Å². The second kappa shape index (κ2) is 16.7. The Labute approximate surface area is 175 Å². The van der Waals surface area contributed by atoms with E-state index in [0.29, 0.717) is 17.2 Å². The molecule has 0 amide bonds. The molecule has 0 fully saturated rings. The van der Waals surface area contributed by atoms with Crippen LogP contribution in [0.15, 0.2) is 48.5 Å². The standard InChI is InChI=1S/C10H14O4.C7H8O2.C3H7ClO2/c1-13-9-4-2-3-5-10(9)14-7-8(12)6-11;1-9-7-5-3-2-4-6(7)8;4-1-3(6)2-5/h2-5,8,11-12H,6-7H2,1H3;2-5,8H,1H3;3,5-6H,1-2H2. The highest BCUT2D eigenvalue weighted by Gasteiger charge is 2.06. The van der Waals surface area contributed by atoms with E-state index in [4.69, 9.17) is 51.3 Å². The van der Waals surface area contributed by atoms with E-state index < -0.39 is 12.2 Å². The molecule has 0 bridgehead atoms. The molecule has 0 heterocycles. The molecule has 0 spiro atoms. The lowest BCUT2D eigenvalue weighted by molar-refractivity contribution is 0.0527. The number of phenols is 1. The molecule has 2 aromatic rings. The Balaban J connectivity index is 0.000000448. The van der Waals surface area contributed by atoms with Gasteiger partial charge in [-0.15, -0.1) is 11.6 Å². The van der Waals surface area contributed by atoms with Gasteiger partial charge in [-0.3, -0.25) is 0 Å². The molecule has 29 heavy (non-hydrogen) atoms. The van der Waals surface area contributed by atoms with Gasteiger partial charge < -0.3 is 39.7 Å². The summed E-state index contributed by atoms with van der Waals surface area (Å²) in [6.45, 7) is -0.504. The number of phenolic OH excluding ortho intramolecular Hbond substituents is 1. The van der Waals surface area contributed by atoms with E-state index in [0.717, 1.165) is 0 Å². The molecule has 2 atom stereocenters. The van der Waals surface area contributed by atoms with Crippen molar-refractivity contribution in [3.63, 3.8) is 0 Å². The summed E-state index contributed by atoms with van der Waals surface area (Å²) in [5.74, 6) is 1.97. The number of ether oxygens (including phenoxy) is 3. The lowest BCUT2D eigenvalue weighted by Gasteiger charge is -2.12. The summed E-state index contributed by atoms with van der Waals surface area (Å²) in [7, 11) is 3.07. The summed E-state index contributed by atoms with van der Waals surface area (Å²) in [6, 6.07) is 14.0. The van der Waals surface area contributed by atoms with Gasteiger partial charge in [-0.05, 0) is 24.3 Å². The van der Waals surface area contributed by atoms with Gasteiger partial charge in [0.05, 0.1) is 39.4 Å². The number of hydrogen-bond donors (Lipinski definition) is 5. The molecule has 2 aromatic carbocycles. The molecule has 0 aliphatic carbocycles. The average molecular weight is 433 g/mol. The SMILES string of the molecule is COc1ccccc1O.COc1ccccc1OCC(O)CO.OCC(O)CCl. The minimum Gasteiger partial charge on any atom is -0.504 e. The topological polar surface area (TPSA) is 129 Å². The van der Waals surface area contributed by atoms with Crippen LogP contribution in [0.5, 0.6) is 23.0 Å². The number of methoxy groups -OCH3 is 2. The molecular weight excluding hydrogens is 404 g/mol. The zero-order valence-corrected chi connectivity index (χ0v) is 17.2. The first-order chi connectivity index (χ1) is 13.9. The normalized spacial score (nSPS) is 11.7. The van der Waals surface area contributed by atoms with Gasteiger partial charge in [0, 0.05) is 0 Å². The van der Waals surface area contributed by atoms with Crippen molar-refractivity contribution < 1.29 is 39.7 Å². The van der Waals surface area contributed by atoms with Crippen molar-refractivity contribution in [1.29, 1.82) is 0 Å². The van der Waals surface area contributed by atoms with Crippen LogP contribution in [-0.2, 0) is 0 Å². The number of para-hydroxylation sites is 4. The number of halogens is 1. The fraction of sp³-hybridized carbons (Fsp3) is 0.400. The Morgan fingerprint density at radius 3 is 1.66 bits per heavy atom. The van der Waals surface area contributed by atoms with Crippen LogP contribution in [-0.4, -0.2) is 77.7 Å². The van der Waals surface area contributed by atoms with Crippen LogP contribution < -0.4 is 14.2 Å². The van der Waals surface area contributed by atoms with E-state index in [1.807, 2.05) is 12.1 Å². The third-order valence-electron chi connectivity index (χ3n) is 3.19. The molecule has 0 aromatic heterocycles. The highest BCUT2D eigenvalue weighted by Crippen LogP contribution is 2.25. The molecule has 0 saturated heterocycles. The van der Waals surface area contributed by atoms with Gasteiger partial charge in [-0.25, -0.2) is 0 Å². The predicted molar refractivity (Wildman–Crippen MR) is 110 cm³/mol. The number of aliphatic hydroxyl groups is 4. The van der Waals surface area contributed by atoms with Gasteiger partial charge in [0.15, 0.2) is 23.0 Å². The van der Waals surface area contributed by atoms with Gasteiger partial charge in [0.1, 0.15) is 12.7 Å². The minimum absolute atomic E-state index is 0.0525. The minimum atomic E-state index is -0.861. The molecule has 0 aliphatic heterocycles. The van der Waals surface area contributed by atoms with E-state index in [-0.39, 0.29) is 31.5 Å². The van der Waals surface area contributed by atoms with Crippen molar-refractivity contribution in [3.05, 3.63) is 48.5 Å². The predicted octanol–water partition coefficient (Wildman–Crippen LogP) is 1.41.